The van der Waals surface area contributed by atoms with Crippen LogP contribution in [-0.2, 0) is 4.79 Å². The number of aliphatic hydroxyl groups excluding tert-OH is 1. The normalized spacial score (nSPS) is 19.9. The van der Waals surface area contributed by atoms with Gasteiger partial charge >= 0.3 is 0 Å². The molecule has 1 amide bonds. The number of β-amino-alcohol motifs (C(OH)–C–C–N with tert-alkyl or cyclic N) is 1. The average molecular weight is 300 g/mol. The first-order valence-electron chi connectivity index (χ1n) is 6.17. The van der Waals surface area contributed by atoms with Crippen molar-refractivity contribution in [2.45, 2.75) is 18.9 Å². The maximum atomic E-state index is 12.0. The molecule has 19 heavy (non-hydrogen) atoms. The van der Waals surface area contributed by atoms with Gasteiger partial charge in [0.15, 0.2) is 0 Å². The van der Waals surface area contributed by atoms with E-state index in [0.29, 0.717) is 28.7 Å². The van der Waals surface area contributed by atoms with Crippen molar-refractivity contribution in [1.82, 2.24) is 4.90 Å². The Morgan fingerprint density at radius 1 is 1.42 bits per heavy atom. The summed E-state index contributed by atoms with van der Waals surface area (Å²) in [5.41, 5.74) is 0.708. The number of carbonyl (C=O) groups is 1. The Balaban J connectivity index is 2.05. The predicted molar refractivity (Wildman–Crippen MR) is 77.3 cm³/mol. The van der Waals surface area contributed by atoms with Gasteiger partial charge in [-0.2, -0.15) is 0 Å². The van der Waals surface area contributed by atoms with Crippen LogP contribution in [0, 0.1) is 0 Å². The Kier molecular flexibility index (Phi) is 4.86. The third kappa shape index (κ3) is 3.72. The number of carbonyl (C=O) groups excluding carboxylic acids is 1. The fourth-order valence-corrected chi connectivity index (χ4v) is 2.44. The molecule has 2 rings (SSSR count). The van der Waals surface area contributed by atoms with Gasteiger partial charge in [0.05, 0.1) is 16.1 Å². The van der Waals surface area contributed by atoms with E-state index in [0.717, 1.165) is 12.8 Å². The first kappa shape index (κ1) is 14.4. The topological polar surface area (TPSA) is 40.5 Å². The van der Waals surface area contributed by atoms with Crippen molar-refractivity contribution in [1.29, 1.82) is 0 Å². The van der Waals surface area contributed by atoms with E-state index in [9.17, 15) is 9.90 Å². The SMILES string of the molecule is O=C(/C=C/c1cccc(Cl)c1Cl)N1CCC[C@H](O)C1. The summed E-state index contributed by atoms with van der Waals surface area (Å²) in [6.07, 6.45) is 4.29. The summed E-state index contributed by atoms with van der Waals surface area (Å²) in [6, 6.07) is 5.27. The number of benzene rings is 1. The molecular weight excluding hydrogens is 285 g/mol. The second-order valence-electron chi connectivity index (χ2n) is 4.56. The summed E-state index contributed by atoms with van der Waals surface area (Å²) in [4.78, 5) is 13.6. The molecule has 0 saturated carbocycles. The second kappa shape index (κ2) is 6.42. The Morgan fingerprint density at radius 2 is 2.21 bits per heavy atom. The fraction of sp³-hybridized carbons (Fsp3) is 0.357. The molecule has 0 radical (unpaired) electrons. The van der Waals surface area contributed by atoms with E-state index >= 15 is 0 Å². The lowest BCUT2D eigenvalue weighted by Gasteiger charge is -2.29. The van der Waals surface area contributed by atoms with E-state index in [-0.39, 0.29) is 5.91 Å². The van der Waals surface area contributed by atoms with E-state index in [1.54, 1.807) is 29.2 Å². The first-order valence-corrected chi connectivity index (χ1v) is 6.92. The molecule has 102 valence electrons. The molecule has 1 aliphatic rings. The van der Waals surface area contributed by atoms with Gasteiger partial charge in [0.2, 0.25) is 5.91 Å². The van der Waals surface area contributed by atoms with E-state index in [1.165, 1.54) is 6.08 Å². The van der Waals surface area contributed by atoms with E-state index in [4.69, 9.17) is 23.2 Å². The smallest absolute Gasteiger partial charge is 0.246 e. The Morgan fingerprint density at radius 3 is 2.95 bits per heavy atom. The molecule has 1 aliphatic heterocycles. The molecule has 1 saturated heterocycles. The van der Waals surface area contributed by atoms with Gasteiger partial charge in [0.1, 0.15) is 0 Å². The molecule has 5 heteroatoms. The van der Waals surface area contributed by atoms with Crippen LogP contribution < -0.4 is 0 Å². The molecule has 0 spiro atoms. The highest BCUT2D eigenvalue weighted by Gasteiger charge is 2.20. The third-order valence-electron chi connectivity index (χ3n) is 3.10. The zero-order valence-corrected chi connectivity index (χ0v) is 11.9. The van der Waals surface area contributed by atoms with Gasteiger partial charge in [-0.3, -0.25) is 4.79 Å². The van der Waals surface area contributed by atoms with Gasteiger partial charge < -0.3 is 10.0 Å². The standard InChI is InChI=1S/C14H15Cl2NO2/c15-12-5-1-3-10(14(12)16)6-7-13(19)17-8-2-4-11(18)9-17/h1,3,5-7,11,18H,2,4,8-9H2/b7-6+/t11-/m0/s1. The molecule has 1 atom stereocenters. The molecule has 0 bridgehead atoms. The highest BCUT2D eigenvalue weighted by atomic mass is 35.5. The first-order chi connectivity index (χ1) is 9.08. The number of amides is 1. The molecular formula is C14H15Cl2NO2. The number of nitrogens with zero attached hydrogens (tertiary/aromatic N) is 1. The molecule has 0 aromatic heterocycles. The predicted octanol–water partition coefficient (Wildman–Crippen LogP) is 2.99. The third-order valence-corrected chi connectivity index (χ3v) is 3.93. The van der Waals surface area contributed by atoms with E-state index in [1.807, 2.05) is 0 Å². The second-order valence-corrected chi connectivity index (χ2v) is 5.34. The van der Waals surface area contributed by atoms with Gasteiger partial charge in [0, 0.05) is 19.2 Å². The summed E-state index contributed by atoms with van der Waals surface area (Å²) in [6.45, 7) is 1.08. The Hall–Kier alpha value is -1.03. The van der Waals surface area contributed by atoms with Gasteiger partial charge in [-0.1, -0.05) is 35.3 Å². The summed E-state index contributed by atoms with van der Waals surface area (Å²) in [5.74, 6) is -0.116. The number of piperidine rings is 1. The largest absolute Gasteiger partial charge is 0.391 e. The zero-order chi connectivity index (χ0) is 13.8. The van der Waals surface area contributed by atoms with Crippen molar-refractivity contribution >= 4 is 35.2 Å². The van der Waals surface area contributed by atoms with Crippen LogP contribution in [0.15, 0.2) is 24.3 Å². The minimum absolute atomic E-state index is 0.116. The monoisotopic (exact) mass is 299 g/mol. The van der Waals surface area contributed by atoms with Gasteiger partial charge in [-0.15, -0.1) is 0 Å². The molecule has 3 nitrogen and oxygen atoms in total. The van der Waals surface area contributed by atoms with Crippen LogP contribution in [0.25, 0.3) is 6.08 Å². The summed E-state index contributed by atoms with van der Waals surface area (Å²) in [7, 11) is 0. The summed E-state index contributed by atoms with van der Waals surface area (Å²) >= 11 is 11.9. The van der Waals surface area contributed by atoms with Crippen LogP contribution in [0.2, 0.25) is 10.0 Å². The van der Waals surface area contributed by atoms with Crippen LogP contribution in [-0.4, -0.2) is 35.1 Å². The van der Waals surface area contributed by atoms with Crippen molar-refractivity contribution in [2.24, 2.45) is 0 Å². The van der Waals surface area contributed by atoms with Crippen LogP contribution in [0.1, 0.15) is 18.4 Å². The number of likely N-dealkylation sites (tertiary alicyclic amines) is 1. The van der Waals surface area contributed by atoms with Gasteiger partial charge in [-0.25, -0.2) is 0 Å². The molecule has 0 aliphatic carbocycles. The minimum Gasteiger partial charge on any atom is -0.391 e. The molecule has 1 fully saturated rings. The Bertz CT molecular complexity index is 502. The van der Waals surface area contributed by atoms with Crippen LogP contribution in [0.5, 0.6) is 0 Å². The molecule has 1 aromatic rings. The fourth-order valence-electron chi connectivity index (χ4n) is 2.07. The number of halogens is 2. The van der Waals surface area contributed by atoms with Crippen molar-refractivity contribution in [3.63, 3.8) is 0 Å². The summed E-state index contributed by atoms with van der Waals surface area (Å²) in [5, 5.41) is 10.4. The number of aliphatic hydroxyl groups is 1. The quantitative estimate of drug-likeness (QED) is 0.853. The number of hydrogen-bond acceptors (Lipinski definition) is 2. The highest BCUT2D eigenvalue weighted by molar-refractivity contribution is 6.42. The highest BCUT2D eigenvalue weighted by Crippen LogP contribution is 2.26. The van der Waals surface area contributed by atoms with Crippen LogP contribution in [0.4, 0.5) is 0 Å². The number of rotatable bonds is 2. The van der Waals surface area contributed by atoms with Crippen LogP contribution in [0.3, 0.4) is 0 Å². The van der Waals surface area contributed by atoms with Crippen molar-refractivity contribution in [3.05, 3.63) is 39.9 Å². The lowest BCUT2D eigenvalue weighted by Crippen LogP contribution is -2.41. The average Bonchev–Trinajstić information content (AvgIpc) is 2.40. The molecule has 1 aromatic carbocycles. The molecule has 1 N–H and O–H groups in total. The van der Waals surface area contributed by atoms with Crippen molar-refractivity contribution < 1.29 is 9.90 Å². The van der Waals surface area contributed by atoms with Gasteiger partial charge in [0.25, 0.3) is 0 Å². The lowest BCUT2D eigenvalue weighted by molar-refractivity contribution is -0.128. The van der Waals surface area contributed by atoms with E-state index < -0.39 is 6.10 Å². The maximum Gasteiger partial charge on any atom is 0.246 e. The molecule has 1 heterocycles. The number of hydrogen-bond donors (Lipinski definition) is 1. The van der Waals surface area contributed by atoms with E-state index in [2.05, 4.69) is 0 Å². The van der Waals surface area contributed by atoms with Crippen molar-refractivity contribution in [2.75, 3.05) is 13.1 Å². The molecule has 0 unspecified atom stereocenters. The van der Waals surface area contributed by atoms with Gasteiger partial charge in [-0.05, 0) is 30.5 Å². The lowest BCUT2D eigenvalue weighted by atomic mass is 10.1. The summed E-state index contributed by atoms with van der Waals surface area (Å²) < 4.78 is 0. The maximum absolute atomic E-state index is 12.0. The minimum atomic E-state index is -0.416. The zero-order valence-electron chi connectivity index (χ0n) is 10.4. The Labute approximate surface area is 122 Å². The van der Waals surface area contributed by atoms with Crippen LogP contribution >= 0.6 is 23.2 Å². The van der Waals surface area contributed by atoms with Crippen molar-refractivity contribution in [3.8, 4) is 0 Å².